The van der Waals surface area contributed by atoms with Gasteiger partial charge in [-0.2, -0.15) is 0 Å². The summed E-state index contributed by atoms with van der Waals surface area (Å²) in [5.74, 6) is -2.27. The van der Waals surface area contributed by atoms with Crippen LogP contribution in [0.1, 0.15) is 322 Å². The van der Waals surface area contributed by atoms with E-state index in [9.17, 15) is 19.5 Å². The average molecular weight is 1160 g/mol. The first-order chi connectivity index (χ1) is 40.6. The topological polar surface area (TPSA) is 111 Å². The predicted octanol–water partition coefficient (Wildman–Crippen LogP) is 20.4. The number of unbranched alkanes of at least 4 members (excludes halogenated alkanes) is 38. The first kappa shape index (κ1) is 79.7. The maximum Gasteiger partial charge on any atom is 0.306 e. The van der Waals surface area contributed by atoms with Crippen molar-refractivity contribution in [3.05, 3.63) is 72.9 Å². The van der Waals surface area contributed by atoms with Crippen LogP contribution in [0.4, 0.5) is 0 Å². The molecule has 0 N–H and O–H groups in total. The minimum absolute atomic E-state index is 0.148. The van der Waals surface area contributed by atoms with E-state index in [1.165, 1.54) is 225 Å². The van der Waals surface area contributed by atoms with Gasteiger partial charge < -0.3 is 33.3 Å². The Morgan fingerprint density at radius 3 is 1.02 bits per heavy atom. The molecule has 0 aliphatic heterocycles. The molecule has 0 aliphatic rings. The van der Waals surface area contributed by atoms with Crippen LogP contribution in [0.2, 0.25) is 0 Å². The third kappa shape index (κ3) is 66.1. The van der Waals surface area contributed by atoms with E-state index in [-0.39, 0.29) is 32.2 Å². The number of carbonyl (C=O) groups excluding carboxylic acids is 3. The number of hydrogen-bond acceptors (Lipinski definition) is 8. The summed E-state index contributed by atoms with van der Waals surface area (Å²) in [5, 5.41) is 11.8. The quantitative estimate of drug-likeness (QED) is 0.0195. The summed E-state index contributed by atoms with van der Waals surface area (Å²) in [4.78, 5) is 37.5. The van der Waals surface area contributed by atoms with Crippen LogP contribution in [0, 0.1) is 0 Å². The molecule has 0 fully saturated rings. The largest absolute Gasteiger partial charge is 0.545 e. The number of nitrogens with zero attached hydrogens (tertiary/aromatic N) is 1. The summed E-state index contributed by atoms with van der Waals surface area (Å²) in [6.07, 6.45) is 82.7. The molecule has 0 spiro atoms. The Bertz CT molecular complexity index is 1590. The summed E-state index contributed by atoms with van der Waals surface area (Å²) < 4.78 is 22.8. The molecule has 0 heterocycles. The van der Waals surface area contributed by atoms with Gasteiger partial charge in [0.1, 0.15) is 13.2 Å². The number of likely N-dealkylation sites (N-methyl/N-ethyl adjacent to an activating group) is 1. The molecule has 9 nitrogen and oxygen atoms in total. The molecule has 482 valence electrons. The molecule has 0 bridgehead atoms. The number of rotatable bonds is 65. The summed E-state index contributed by atoms with van der Waals surface area (Å²) in [7, 11) is 5.94. The van der Waals surface area contributed by atoms with E-state index in [1.54, 1.807) is 0 Å². The highest BCUT2D eigenvalue weighted by atomic mass is 16.7. The fraction of sp³-hybridized carbons (Fsp3) is 0.797. The van der Waals surface area contributed by atoms with Crippen LogP contribution in [-0.4, -0.2) is 82.3 Å². The van der Waals surface area contributed by atoms with E-state index in [1.807, 2.05) is 21.1 Å². The minimum Gasteiger partial charge on any atom is -0.545 e. The van der Waals surface area contributed by atoms with Crippen molar-refractivity contribution in [3.8, 4) is 0 Å². The zero-order chi connectivity index (χ0) is 60.5. The Labute approximate surface area is 513 Å². The van der Waals surface area contributed by atoms with E-state index < -0.39 is 24.3 Å². The summed E-state index contributed by atoms with van der Waals surface area (Å²) in [6, 6.07) is 0. The van der Waals surface area contributed by atoms with Crippen molar-refractivity contribution in [2.24, 2.45) is 0 Å². The Hall–Kier alpha value is -3.27. The van der Waals surface area contributed by atoms with E-state index in [0.29, 0.717) is 23.9 Å². The molecule has 0 saturated heterocycles. The number of carbonyl (C=O) groups is 3. The fourth-order valence-corrected chi connectivity index (χ4v) is 10.1. The summed E-state index contributed by atoms with van der Waals surface area (Å²) in [5.41, 5.74) is 0. The highest BCUT2D eigenvalue weighted by Gasteiger charge is 2.22. The molecule has 0 saturated carbocycles. The monoisotopic (exact) mass is 1160 g/mol. The zero-order valence-corrected chi connectivity index (χ0v) is 55.1. The molecule has 0 aliphatic carbocycles. The molecule has 0 radical (unpaired) electrons. The van der Waals surface area contributed by atoms with Crippen LogP contribution in [0.3, 0.4) is 0 Å². The molecule has 0 amide bonds. The molecular formula is C74H133NO8. The normalized spacial score (nSPS) is 13.1. The molecule has 0 rings (SSSR count). The highest BCUT2D eigenvalue weighted by Crippen LogP contribution is 2.18. The van der Waals surface area contributed by atoms with E-state index >= 15 is 0 Å². The van der Waals surface area contributed by atoms with E-state index in [0.717, 1.165) is 64.2 Å². The minimum atomic E-state index is -1.62. The third-order valence-corrected chi connectivity index (χ3v) is 15.4. The average Bonchev–Trinajstić information content (AvgIpc) is 3.46. The van der Waals surface area contributed by atoms with Crippen molar-refractivity contribution < 1.29 is 42.9 Å². The molecule has 0 aromatic heterocycles. The number of esters is 2. The standard InChI is InChI=1S/C74H133NO8/c1-6-8-10-12-14-16-18-20-22-24-26-28-30-31-32-33-34-35-36-37-38-39-40-41-43-45-47-49-51-53-55-57-59-61-63-65-72(77)83-70(69-82-74(73(78)79)80-67-66-75(3,4)5)68-81-71(76)64-62-60-58-56-54-52-50-48-46-44-42-29-27-25-23-21-19-17-15-13-11-9-7-2/h8,10,14,16,19-22,25-28,70,74H,6-7,9,11-13,15,17-18,23-24,29-69H2,1-5H3/b10-8-,16-14-,21-19-,22-20-,27-25-,28-26-. The third-order valence-electron chi connectivity index (χ3n) is 15.4. The summed E-state index contributed by atoms with van der Waals surface area (Å²) >= 11 is 0. The molecule has 0 aromatic carbocycles. The van der Waals surface area contributed by atoms with Gasteiger partial charge in [-0.1, -0.05) is 299 Å². The maximum atomic E-state index is 12.9. The summed E-state index contributed by atoms with van der Waals surface area (Å²) in [6.45, 7) is 4.67. The van der Waals surface area contributed by atoms with Gasteiger partial charge in [-0.05, 0) is 83.5 Å². The van der Waals surface area contributed by atoms with Crippen molar-refractivity contribution in [2.45, 2.75) is 334 Å². The SMILES string of the molecule is CC/C=C\C/C=C\C/C=C\C/C=C\CCCCCCCCCCCCCCCCCCCCCCCCC(=O)OC(COC(=O)CCCCCCCCCCCCC/C=C\C/C=C\CCCCCCC)COC(OCC[N+](C)(C)C)C(=O)[O-]. The molecule has 9 heteroatoms. The number of carboxylic acid groups (broad SMARTS) is 1. The van der Waals surface area contributed by atoms with Crippen LogP contribution in [0.5, 0.6) is 0 Å². The molecule has 2 unspecified atom stereocenters. The van der Waals surface area contributed by atoms with Gasteiger partial charge in [0, 0.05) is 12.8 Å². The predicted molar refractivity (Wildman–Crippen MR) is 352 cm³/mol. The number of ether oxygens (including phenoxy) is 4. The highest BCUT2D eigenvalue weighted by molar-refractivity contribution is 5.70. The first-order valence-corrected chi connectivity index (χ1v) is 35.1. The lowest BCUT2D eigenvalue weighted by atomic mass is 10.0. The van der Waals surface area contributed by atoms with Gasteiger partial charge in [0.05, 0.1) is 40.3 Å². The number of carboxylic acids is 1. The molecule has 2 atom stereocenters. The molecular weight excluding hydrogens is 1030 g/mol. The number of hydrogen-bond donors (Lipinski definition) is 0. The Morgan fingerprint density at radius 1 is 0.373 bits per heavy atom. The van der Waals surface area contributed by atoms with Crippen molar-refractivity contribution >= 4 is 17.9 Å². The number of quaternary nitrogens is 1. The lowest BCUT2D eigenvalue weighted by molar-refractivity contribution is -0.870. The van der Waals surface area contributed by atoms with Crippen LogP contribution < -0.4 is 5.11 Å². The van der Waals surface area contributed by atoms with Crippen molar-refractivity contribution in [1.82, 2.24) is 0 Å². The number of aliphatic carboxylic acids is 1. The van der Waals surface area contributed by atoms with Gasteiger partial charge in [0.25, 0.3) is 0 Å². The second-order valence-corrected chi connectivity index (χ2v) is 24.8. The van der Waals surface area contributed by atoms with Crippen molar-refractivity contribution in [3.63, 3.8) is 0 Å². The second kappa shape index (κ2) is 64.7. The second-order valence-electron chi connectivity index (χ2n) is 24.8. The van der Waals surface area contributed by atoms with Crippen molar-refractivity contribution in [2.75, 3.05) is 47.5 Å². The smallest absolute Gasteiger partial charge is 0.306 e. The van der Waals surface area contributed by atoms with Gasteiger partial charge in [0.2, 0.25) is 0 Å². The first-order valence-electron chi connectivity index (χ1n) is 35.1. The Kier molecular flexibility index (Phi) is 62.2. The number of allylic oxidation sites excluding steroid dienone is 12. The van der Waals surface area contributed by atoms with Crippen LogP contribution in [0.25, 0.3) is 0 Å². The van der Waals surface area contributed by atoms with Gasteiger partial charge in [-0.25, -0.2) is 0 Å². The van der Waals surface area contributed by atoms with Gasteiger partial charge in [-0.15, -0.1) is 0 Å². The van der Waals surface area contributed by atoms with E-state index in [4.69, 9.17) is 18.9 Å². The maximum absolute atomic E-state index is 12.9. The zero-order valence-electron chi connectivity index (χ0n) is 55.1. The van der Waals surface area contributed by atoms with Crippen LogP contribution >= 0.6 is 0 Å². The van der Waals surface area contributed by atoms with Gasteiger partial charge >= 0.3 is 11.9 Å². The lowest BCUT2D eigenvalue weighted by Crippen LogP contribution is -2.44. The van der Waals surface area contributed by atoms with Crippen LogP contribution in [0.15, 0.2) is 72.9 Å². The Morgan fingerprint density at radius 2 is 0.687 bits per heavy atom. The lowest BCUT2D eigenvalue weighted by Gasteiger charge is -2.26. The molecule has 83 heavy (non-hydrogen) atoms. The Balaban J connectivity index is 4.05. The van der Waals surface area contributed by atoms with E-state index in [2.05, 4.69) is 86.8 Å². The molecule has 0 aromatic rings. The van der Waals surface area contributed by atoms with Gasteiger partial charge in [-0.3, -0.25) is 9.59 Å². The van der Waals surface area contributed by atoms with Crippen molar-refractivity contribution in [1.29, 1.82) is 0 Å². The fourth-order valence-electron chi connectivity index (χ4n) is 10.1. The van der Waals surface area contributed by atoms with Gasteiger partial charge in [0.15, 0.2) is 12.4 Å². The van der Waals surface area contributed by atoms with Crippen LogP contribution in [-0.2, 0) is 33.3 Å².